The average molecular weight is 223 g/mol. The lowest BCUT2D eigenvalue weighted by molar-refractivity contribution is 0.104. The van der Waals surface area contributed by atoms with Gasteiger partial charge in [0.05, 0.1) is 0 Å². The Kier molecular flexibility index (Phi) is 1.65. The lowest BCUT2D eigenvalue weighted by Crippen LogP contribution is -1.92. The lowest BCUT2D eigenvalue weighted by atomic mass is 10.1. The minimum atomic E-state index is 0.0892. The molecule has 1 aliphatic rings. The molecule has 0 amide bonds. The van der Waals surface area contributed by atoms with Gasteiger partial charge in [-0.25, -0.2) is 0 Å². The Hall–Kier alpha value is -0.890. The van der Waals surface area contributed by atoms with Crippen LogP contribution in [0.2, 0.25) is 0 Å². The molecule has 0 spiro atoms. The van der Waals surface area contributed by atoms with E-state index in [1.807, 2.05) is 18.2 Å². The van der Waals surface area contributed by atoms with Crippen molar-refractivity contribution in [3.63, 3.8) is 0 Å². The molecule has 0 radical (unpaired) electrons. The molecule has 1 aromatic rings. The minimum Gasteiger partial charge on any atom is -0.289 e. The summed E-state index contributed by atoms with van der Waals surface area (Å²) in [5.74, 6) is 0.0892. The van der Waals surface area contributed by atoms with E-state index < -0.39 is 0 Å². The smallest absolute Gasteiger partial charge is 0.189 e. The van der Waals surface area contributed by atoms with Crippen LogP contribution in [0.3, 0.4) is 0 Å². The van der Waals surface area contributed by atoms with Gasteiger partial charge in [-0.1, -0.05) is 34.6 Å². The van der Waals surface area contributed by atoms with Gasteiger partial charge in [-0.2, -0.15) is 0 Å². The summed E-state index contributed by atoms with van der Waals surface area (Å²) in [6, 6.07) is 5.67. The molecule has 0 atom stereocenters. The molecule has 1 aliphatic carbocycles. The van der Waals surface area contributed by atoms with E-state index in [2.05, 4.69) is 22.5 Å². The number of Topliss-reactive ketones (excluding diaryl/α,β-unsaturated/α-hetero) is 1. The maximum atomic E-state index is 11.4. The van der Waals surface area contributed by atoms with E-state index in [0.29, 0.717) is 12.0 Å². The van der Waals surface area contributed by atoms with Crippen LogP contribution < -0.4 is 0 Å². The number of halogens is 1. The number of carbonyl (C=O) groups excluding carboxylic acids is 1. The van der Waals surface area contributed by atoms with Crippen molar-refractivity contribution in [1.82, 2.24) is 0 Å². The molecule has 1 nitrogen and oxygen atoms in total. The Morgan fingerprint density at radius 1 is 1.42 bits per heavy atom. The van der Waals surface area contributed by atoms with E-state index in [9.17, 15) is 4.79 Å². The molecule has 2 heteroatoms. The summed E-state index contributed by atoms with van der Waals surface area (Å²) < 4.78 is 1.01. The summed E-state index contributed by atoms with van der Waals surface area (Å²) in [5, 5.41) is 0. The second kappa shape index (κ2) is 2.56. The summed E-state index contributed by atoms with van der Waals surface area (Å²) >= 11 is 3.41. The van der Waals surface area contributed by atoms with Gasteiger partial charge < -0.3 is 0 Å². The van der Waals surface area contributed by atoms with Crippen molar-refractivity contribution >= 4 is 21.7 Å². The van der Waals surface area contributed by atoms with Gasteiger partial charge >= 0.3 is 0 Å². The number of carbonyl (C=O) groups is 1. The van der Waals surface area contributed by atoms with E-state index in [1.165, 1.54) is 0 Å². The van der Waals surface area contributed by atoms with Crippen LogP contribution in [0.1, 0.15) is 15.9 Å². The van der Waals surface area contributed by atoms with Crippen molar-refractivity contribution in [2.24, 2.45) is 0 Å². The quantitative estimate of drug-likeness (QED) is 0.618. The monoisotopic (exact) mass is 222 g/mol. The molecule has 2 rings (SSSR count). The number of fused-ring (bicyclic) bond motifs is 1. The number of hydrogen-bond acceptors (Lipinski definition) is 1. The third-order valence-electron chi connectivity index (χ3n) is 2.07. The van der Waals surface area contributed by atoms with Crippen molar-refractivity contribution < 1.29 is 4.79 Å². The van der Waals surface area contributed by atoms with Crippen LogP contribution in [0, 0.1) is 0 Å². The van der Waals surface area contributed by atoms with Gasteiger partial charge in [-0.05, 0) is 17.2 Å². The van der Waals surface area contributed by atoms with Gasteiger partial charge in [-0.15, -0.1) is 0 Å². The van der Waals surface area contributed by atoms with Gasteiger partial charge in [0.1, 0.15) is 0 Å². The van der Waals surface area contributed by atoms with Gasteiger partial charge in [0, 0.05) is 16.5 Å². The van der Waals surface area contributed by atoms with Gasteiger partial charge in [-0.3, -0.25) is 4.79 Å². The molecule has 0 unspecified atom stereocenters. The molecule has 0 bridgehead atoms. The van der Waals surface area contributed by atoms with Crippen molar-refractivity contribution in [2.75, 3.05) is 0 Å². The summed E-state index contributed by atoms with van der Waals surface area (Å²) in [5.41, 5.74) is 2.57. The Labute approximate surface area is 79.2 Å². The molecule has 0 saturated heterocycles. The number of rotatable bonds is 0. The first-order valence-electron chi connectivity index (χ1n) is 3.70. The second-order valence-corrected chi connectivity index (χ2v) is 3.73. The molecular formula is C10H7BrO. The summed E-state index contributed by atoms with van der Waals surface area (Å²) in [6.45, 7) is 3.72. The highest BCUT2D eigenvalue weighted by Gasteiger charge is 2.24. The fraction of sp³-hybridized carbons (Fsp3) is 0.100. The van der Waals surface area contributed by atoms with Gasteiger partial charge in [0.25, 0.3) is 0 Å². The SMILES string of the molecule is C=C1Cc2c(Br)cccc2C1=O. The van der Waals surface area contributed by atoms with E-state index in [4.69, 9.17) is 0 Å². The molecular weight excluding hydrogens is 216 g/mol. The van der Waals surface area contributed by atoms with Crippen LogP contribution in [0.5, 0.6) is 0 Å². The Morgan fingerprint density at radius 3 is 2.83 bits per heavy atom. The molecule has 60 valence electrons. The molecule has 0 aromatic heterocycles. The minimum absolute atomic E-state index is 0.0892. The van der Waals surface area contributed by atoms with Crippen LogP contribution in [-0.4, -0.2) is 5.78 Å². The second-order valence-electron chi connectivity index (χ2n) is 2.88. The maximum Gasteiger partial charge on any atom is 0.189 e. The fourth-order valence-electron chi connectivity index (χ4n) is 1.44. The van der Waals surface area contributed by atoms with Crippen molar-refractivity contribution in [3.05, 3.63) is 46.0 Å². The molecule has 0 aliphatic heterocycles. The highest BCUT2D eigenvalue weighted by Crippen LogP contribution is 2.30. The van der Waals surface area contributed by atoms with Crippen LogP contribution in [0.4, 0.5) is 0 Å². The van der Waals surface area contributed by atoms with Crippen LogP contribution in [0.15, 0.2) is 34.8 Å². The highest BCUT2D eigenvalue weighted by atomic mass is 79.9. The number of allylic oxidation sites excluding steroid dienone is 1. The van der Waals surface area contributed by atoms with Gasteiger partial charge in [0.15, 0.2) is 5.78 Å². The zero-order chi connectivity index (χ0) is 8.72. The first-order chi connectivity index (χ1) is 5.70. The number of ketones is 1. The topological polar surface area (TPSA) is 17.1 Å². The molecule has 0 saturated carbocycles. The standard InChI is InChI=1S/C10H7BrO/c1-6-5-8-7(10(6)12)3-2-4-9(8)11/h2-4H,1,5H2. The maximum absolute atomic E-state index is 11.4. The highest BCUT2D eigenvalue weighted by molar-refractivity contribution is 9.10. The zero-order valence-corrected chi connectivity index (χ0v) is 8.02. The normalized spacial score (nSPS) is 15.1. The van der Waals surface area contributed by atoms with Crippen LogP contribution >= 0.6 is 15.9 Å². The van der Waals surface area contributed by atoms with Crippen molar-refractivity contribution in [3.8, 4) is 0 Å². The molecule has 1 aromatic carbocycles. The molecule has 0 heterocycles. The summed E-state index contributed by atoms with van der Waals surface area (Å²) in [4.78, 5) is 11.4. The van der Waals surface area contributed by atoms with Gasteiger partial charge in [0.2, 0.25) is 0 Å². The molecule has 0 fully saturated rings. The van der Waals surface area contributed by atoms with Crippen LogP contribution in [0.25, 0.3) is 0 Å². The van der Waals surface area contributed by atoms with E-state index in [0.717, 1.165) is 15.6 Å². The summed E-state index contributed by atoms with van der Waals surface area (Å²) in [7, 11) is 0. The predicted octanol–water partition coefficient (Wildman–Crippen LogP) is 2.74. The third kappa shape index (κ3) is 0.950. The summed E-state index contributed by atoms with van der Waals surface area (Å²) in [6.07, 6.45) is 0.690. The third-order valence-corrected chi connectivity index (χ3v) is 2.82. The fourth-order valence-corrected chi connectivity index (χ4v) is 1.94. The Bertz CT molecular complexity index is 379. The largest absolute Gasteiger partial charge is 0.289 e. The average Bonchev–Trinajstić information content (AvgIpc) is 2.32. The molecule has 0 N–H and O–H groups in total. The molecule has 12 heavy (non-hydrogen) atoms. The van der Waals surface area contributed by atoms with E-state index in [-0.39, 0.29) is 5.78 Å². The number of hydrogen-bond donors (Lipinski definition) is 0. The predicted molar refractivity (Wildman–Crippen MR) is 51.3 cm³/mol. The van der Waals surface area contributed by atoms with E-state index in [1.54, 1.807) is 0 Å². The number of benzene rings is 1. The van der Waals surface area contributed by atoms with Crippen molar-refractivity contribution in [2.45, 2.75) is 6.42 Å². The van der Waals surface area contributed by atoms with Crippen molar-refractivity contribution in [1.29, 1.82) is 0 Å². The zero-order valence-electron chi connectivity index (χ0n) is 6.43. The Balaban J connectivity index is 2.68. The first-order valence-corrected chi connectivity index (χ1v) is 4.49. The Morgan fingerprint density at radius 2 is 2.17 bits per heavy atom. The first kappa shape index (κ1) is 7.74. The lowest BCUT2D eigenvalue weighted by Gasteiger charge is -1.97. The van der Waals surface area contributed by atoms with Crippen LogP contribution in [-0.2, 0) is 6.42 Å². The van der Waals surface area contributed by atoms with E-state index >= 15 is 0 Å².